The van der Waals surface area contributed by atoms with Crippen LogP contribution in [0.4, 0.5) is 0 Å². The lowest BCUT2D eigenvalue weighted by molar-refractivity contribution is 0.0327. The summed E-state index contributed by atoms with van der Waals surface area (Å²) in [7, 11) is 1.65. The van der Waals surface area contributed by atoms with Gasteiger partial charge in [-0.1, -0.05) is 15.9 Å². The zero-order chi connectivity index (χ0) is 12.2. The fourth-order valence-corrected chi connectivity index (χ4v) is 2.04. The molecule has 0 aliphatic heterocycles. The Morgan fingerprint density at radius 2 is 1.81 bits per heavy atom. The molecule has 0 spiro atoms. The predicted molar refractivity (Wildman–Crippen MR) is 71.2 cm³/mol. The molecule has 0 aromatic rings. The highest BCUT2D eigenvalue weighted by Crippen LogP contribution is 2.13. The Balaban J connectivity index is 3.34. The summed E-state index contributed by atoms with van der Waals surface area (Å²) in [6.45, 7) is 2.55. The molecule has 2 unspecified atom stereocenters. The van der Waals surface area contributed by atoms with Crippen LogP contribution in [-0.4, -0.2) is 56.2 Å². The number of ether oxygens (including phenoxy) is 3. The average molecular weight is 338 g/mol. The molecule has 16 heavy (non-hydrogen) atoms. The van der Waals surface area contributed by atoms with Crippen LogP contribution in [0.3, 0.4) is 0 Å². The van der Waals surface area contributed by atoms with Crippen LogP contribution in [0, 0.1) is 0 Å². The van der Waals surface area contributed by atoms with Gasteiger partial charge in [0.2, 0.25) is 0 Å². The fourth-order valence-electron chi connectivity index (χ4n) is 0.985. The second kappa shape index (κ2) is 12.4. The van der Waals surface area contributed by atoms with E-state index in [4.69, 9.17) is 37.4 Å². The van der Waals surface area contributed by atoms with Gasteiger partial charge in [-0.2, -0.15) is 0 Å². The highest BCUT2D eigenvalue weighted by atomic mass is 79.9. The topological polar surface area (TPSA) is 27.7 Å². The summed E-state index contributed by atoms with van der Waals surface area (Å²) in [4.78, 5) is 0.0982. The van der Waals surface area contributed by atoms with Crippen molar-refractivity contribution in [3.05, 3.63) is 0 Å². The van der Waals surface area contributed by atoms with E-state index in [9.17, 15) is 0 Å². The molecule has 0 N–H and O–H groups in total. The van der Waals surface area contributed by atoms with Crippen molar-refractivity contribution >= 4 is 39.1 Å². The van der Waals surface area contributed by atoms with Gasteiger partial charge in [0.1, 0.15) is 0 Å². The normalized spacial score (nSPS) is 15.0. The van der Waals surface area contributed by atoms with E-state index in [0.29, 0.717) is 38.2 Å². The number of alkyl halides is 3. The largest absolute Gasteiger partial charge is 0.382 e. The number of rotatable bonds is 11. The van der Waals surface area contributed by atoms with E-state index in [1.54, 1.807) is 7.11 Å². The molecule has 98 valence electrons. The van der Waals surface area contributed by atoms with Gasteiger partial charge < -0.3 is 14.2 Å². The number of hydrogen-bond donors (Lipinski definition) is 0. The van der Waals surface area contributed by atoms with Crippen LogP contribution < -0.4 is 0 Å². The van der Waals surface area contributed by atoms with Crippen molar-refractivity contribution in [1.82, 2.24) is 0 Å². The summed E-state index contributed by atoms with van der Waals surface area (Å²) in [5, 5.41) is 0. The Labute approximate surface area is 116 Å². The molecule has 0 heterocycles. The van der Waals surface area contributed by atoms with Crippen molar-refractivity contribution in [2.24, 2.45) is 0 Å². The second-order valence-corrected chi connectivity index (χ2v) is 4.99. The fraction of sp³-hybridized carbons (Fsp3) is 1.00. The summed E-state index contributed by atoms with van der Waals surface area (Å²) < 4.78 is 15.7. The lowest BCUT2D eigenvalue weighted by Crippen LogP contribution is -2.28. The molecular formula is C10H19BrCl2O3. The zero-order valence-electron chi connectivity index (χ0n) is 9.46. The Kier molecular flexibility index (Phi) is 13.1. The quantitative estimate of drug-likeness (QED) is 0.428. The van der Waals surface area contributed by atoms with Crippen molar-refractivity contribution in [2.45, 2.75) is 17.4 Å². The van der Waals surface area contributed by atoms with Gasteiger partial charge in [0.05, 0.1) is 24.1 Å². The van der Waals surface area contributed by atoms with Crippen molar-refractivity contribution in [3.63, 3.8) is 0 Å². The van der Waals surface area contributed by atoms with E-state index in [1.165, 1.54) is 0 Å². The van der Waals surface area contributed by atoms with E-state index < -0.39 is 0 Å². The minimum Gasteiger partial charge on any atom is -0.382 e. The van der Waals surface area contributed by atoms with Gasteiger partial charge in [0.15, 0.2) is 0 Å². The molecule has 0 amide bonds. The van der Waals surface area contributed by atoms with E-state index in [2.05, 4.69) is 15.9 Å². The van der Waals surface area contributed by atoms with Crippen LogP contribution in [-0.2, 0) is 14.2 Å². The summed E-state index contributed by atoms with van der Waals surface area (Å²) >= 11 is 14.9. The van der Waals surface area contributed by atoms with Crippen LogP contribution in [0.25, 0.3) is 0 Å². The van der Waals surface area contributed by atoms with Crippen LogP contribution in [0.1, 0.15) is 6.42 Å². The van der Waals surface area contributed by atoms with Crippen molar-refractivity contribution in [3.8, 4) is 0 Å². The van der Waals surface area contributed by atoms with Gasteiger partial charge in [-0.25, -0.2) is 0 Å². The van der Waals surface area contributed by atoms with Crippen LogP contribution in [0.5, 0.6) is 0 Å². The summed E-state index contributed by atoms with van der Waals surface area (Å²) in [5.41, 5.74) is 0. The minimum atomic E-state index is -0.0434. The lowest BCUT2D eigenvalue weighted by atomic mass is 10.3. The maximum atomic E-state index is 5.76. The molecule has 2 atom stereocenters. The van der Waals surface area contributed by atoms with E-state index in [1.807, 2.05) is 0 Å². The highest BCUT2D eigenvalue weighted by Gasteiger charge is 2.17. The predicted octanol–water partition coefficient (Wildman–Crippen LogP) is 2.67. The monoisotopic (exact) mass is 336 g/mol. The van der Waals surface area contributed by atoms with Crippen LogP contribution in [0.2, 0.25) is 0 Å². The molecule has 0 saturated heterocycles. The molecule has 0 aliphatic carbocycles. The average Bonchev–Trinajstić information content (AvgIpc) is 2.32. The van der Waals surface area contributed by atoms with Gasteiger partial charge >= 0.3 is 0 Å². The van der Waals surface area contributed by atoms with Gasteiger partial charge in [-0.15, -0.1) is 23.2 Å². The molecule has 0 aromatic carbocycles. The Morgan fingerprint density at radius 1 is 1.06 bits per heavy atom. The molecular weight excluding hydrogens is 319 g/mol. The van der Waals surface area contributed by atoms with Crippen molar-refractivity contribution in [1.29, 1.82) is 0 Å². The van der Waals surface area contributed by atoms with Gasteiger partial charge in [-0.3, -0.25) is 0 Å². The molecule has 0 radical (unpaired) electrons. The van der Waals surface area contributed by atoms with Crippen LogP contribution >= 0.6 is 39.1 Å². The lowest BCUT2D eigenvalue weighted by Gasteiger charge is -2.18. The minimum absolute atomic E-state index is 0.0434. The molecule has 3 nitrogen and oxygen atoms in total. The standard InChI is InChI=1S/C10H19BrCl2O3/c1-14-5-6-15-3-2-4-16-10(8-13)9(11)7-12/h9-10H,2-8H2,1H3. The molecule has 0 bridgehead atoms. The van der Waals surface area contributed by atoms with E-state index >= 15 is 0 Å². The molecule has 0 aliphatic rings. The third-order valence-electron chi connectivity index (χ3n) is 1.90. The first-order valence-electron chi connectivity index (χ1n) is 5.20. The van der Waals surface area contributed by atoms with Gasteiger partial charge in [0.25, 0.3) is 0 Å². The molecule has 0 aromatic heterocycles. The smallest absolute Gasteiger partial charge is 0.0846 e. The zero-order valence-corrected chi connectivity index (χ0v) is 12.6. The Bertz CT molecular complexity index is 152. The molecule has 6 heteroatoms. The summed E-state index contributed by atoms with van der Waals surface area (Å²) in [6.07, 6.45) is 0.803. The highest BCUT2D eigenvalue weighted by molar-refractivity contribution is 9.09. The van der Waals surface area contributed by atoms with Crippen molar-refractivity contribution < 1.29 is 14.2 Å². The van der Waals surface area contributed by atoms with Gasteiger partial charge in [0, 0.05) is 32.1 Å². The van der Waals surface area contributed by atoms with Gasteiger partial charge in [-0.05, 0) is 6.42 Å². The number of halogens is 3. The Morgan fingerprint density at radius 3 is 2.38 bits per heavy atom. The van der Waals surface area contributed by atoms with E-state index in [0.717, 1.165) is 6.42 Å². The second-order valence-electron chi connectivity index (χ2n) is 3.19. The third kappa shape index (κ3) is 9.02. The van der Waals surface area contributed by atoms with Crippen molar-refractivity contribution in [2.75, 3.05) is 45.3 Å². The SMILES string of the molecule is COCCOCCCOC(CCl)C(Br)CCl. The van der Waals surface area contributed by atoms with Crippen LogP contribution in [0.15, 0.2) is 0 Å². The maximum Gasteiger partial charge on any atom is 0.0846 e. The molecule has 0 rings (SSSR count). The third-order valence-corrected chi connectivity index (χ3v) is 3.82. The number of methoxy groups -OCH3 is 1. The molecule has 0 saturated carbocycles. The maximum absolute atomic E-state index is 5.76. The van der Waals surface area contributed by atoms with E-state index in [-0.39, 0.29) is 10.9 Å². The first-order valence-corrected chi connectivity index (χ1v) is 7.19. The first kappa shape index (κ1) is 16.9. The first-order chi connectivity index (χ1) is 7.76. The molecule has 0 fully saturated rings. The number of hydrogen-bond acceptors (Lipinski definition) is 3. The summed E-state index contributed by atoms with van der Waals surface area (Å²) in [5.74, 6) is 0.925. The summed E-state index contributed by atoms with van der Waals surface area (Å²) in [6, 6.07) is 0. The Hall–Kier alpha value is 0.940.